The lowest BCUT2D eigenvalue weighted by Gasteiger charge is -2.10. The summed E-state index contributed by atoms with van der Waals surface area (Å²) in [7, 11) is 0. The number of nitrogens with two attached hydrogens (primary N) is 1. The summed E-state index contributed by atoms with van der Waals surface area (Å²) < 4.78 is 0. The minimum atomic E-state index is -0.126. The van der Waals surface area contributed by atoms with Gasteiger partial charge in [0.2, 0.25) is 0 Å². The van der Waals surface area contributed by atoms with Gasteiger partial charge in [-0.3, -0.25) is 9.78 Å². The summed E-state index contributed by atoms with van der Waals surface area (Å²) in [6.07, 6.45) is 4.87. The Bertz CT molecular complexity index is 585. The maximum Gasteiger partial charge on any atom is 0.251 e. The molecule has 2 aromatic heterocycles. The van der Waals surface area contributed by atoms with Crippen LogP contribution >= 0.6 is 0 Å². The number of carbonyl (C=O) groups excluding carboxylic acids is 1. The Balaban J connectivity index is 1.80. The first-order valence-electron chi connectivity index (χ1n) is 6.31. The van der Waals surface area contributed by atoms with Gasteiger partial charge in [-0.2, -0.15) is 0 Å². The summed E-state index contributed by atoms with van der Waals surface area (Å²) in [5.74, 6) is 0.516. The summed E-state index contributed by atoms with van der Waals surface area (Å²) in [6, 6.07) is 5.19. The predicted molar refractivity (Wildman–Crippen MR) is 78.4 cm³/mol. The van der Waals surface area contributed by atoms with E-state index in [9.17, 15) is 4.79 Å². The average Bonchev–Trinajstić information content (AvgIpc) is 2.48. The second kappa shape index (κ2) is 6.51. The minimum absolute atomic E-state index is 0.126. The molecule has 2 heterocycles. The highest BCUT2D eigenvalue weighted by Crippen LogP contribution is 2.17. The number of anilines is 2. The van der Waals surface area contributed by atoms with E-state index in [1.807, 2.05) is 13.0 Å². The number of amides is 1. The molecule has 1 amide bonds. The maximum atomic E-state index is 11.8. The van der Waals surface area contributed by atoms with Crippen molar-refractivity contribution in [3.63, 3.8) is 0 Å². The molecule has 4 N–H and O–H groups in total. The molecule has 0 atom stereocenters. The molecule has 0 spiro atoms. The highest BCUT2D eigenvalue weighted by Gasteiger charge is 2.04. The molecule has 0 aliphatic carbocycles. The van der Waals surface area contributed by atoms with Crippen LogP contribution in [0.3, 0.4) is 0 Å². The highest BCUT2D eigenvalue weighted by molar-refractivity contribution is 5.93. The quantitative estimate of drug-likeness (QED) is 0.711. The van der Waals surface area contributed by atoms with Crippen molar-refractivity contribution >= 4 is 17.4 Å². The normalized spacial score (nSPS) is 10.1. The van der Waals surface area contributed by atoms with E-state index < -0.39 is 0 Å². The highest BCUT2D eigenvalue weighted by atomic mass is 16.1. The standard InChI is InChI=1S/C14H17N5O/c1-10-2-7-17-13(12(10)15)18-8-9-19-14(20)11-3-5-16-6-4-11/h2-7H,8-9,15H2,1H3,(H,17,18)(H,19,20). The molecule has 0 saturated heterocycles. The first kappa shape index (κ1) is 13.8. The van der Waals surface area contributed by atoms with Crippen molar-refractivity contribution in [2.24, 2.45) is 0 Å². The Hall–Kier alpha value is -2.63. The predicted octanol–water partition coefficient (Wildman–Crippen LogP) is 1.21. The molecule has 2 aromatic rings. The second-order valence-electron chi connectivity index (χ2n) is 4.31. The van der Waals surface area contributed by atoms with Crippen molar-refractivity contribution in [1.29, 1.82) is 0 Å². The average molecular weight is 271 g/mol. The van der Waals surface area contributed by atoms with Gasteiger partial charge in [0, 0.05) is 37.2 Å². The number of hydrogen-bond donors (Lipinski definition) is 3. The Morgan fingerprint density at radius 3 is 2.70 bits per heavy atom. The van der Waals surface area contributed by atoms with E-state index in [1.54, 1.807) is 30.7 Å². The number of aryl methyl sites for hydroxylation is 1. The Morgan fingerprint density at radius 1 is 1.20 bits per heavy atom. The lowest BCUT2D eigenvalue weighted by Crippen LogP contribution is -2.29. The Kier molecular flexibility index (Phi) is 4.49. The largest absolute Gasteiger partial charge is 0.396 e. The zero-order valence-electron chi connectivity index (χ0n) is 11.3. The van der Waals surface area contributed by atoms with Crippen molar-refractivity contribution in [3.8, 4) is 0 Å². The molecular weight excluding hydrogens is 254 g/mol. The first-order chi connectivity index (χ1) is 9.68. The van der Waals surface area contributed by atoms with E-state index in [2.05, 4.69) is 20.6 Å². The van der Waals surface area contributed by atoms with Gasteiger partial charge in [0.05, 0.1) is 5.69 Å². The molecule has 0 bridgehead atoms. The molecule has 0 fully saturated rings. The van der Waals surface area contributed by atoms with E-state index >= 15 is 0 Å². The number of rotatable bonds is 5. The molecule has 0 aromatic carbocycles. The van der Waals surface area contributed by atoms with Crippen LogP contribution < -0.4 is 16.4 Å². The maximum absolute atomic E-state index is 11.8. The summed E-state index contributed by atoms with van der Waals surface area (Å²) in [5, 5.41) is 5.90. The molecule has 6 nitrogen and oxygen atoms in total. The Labute approximate surface area is 117 Å². The van der Waals surface area contributed by atoms with Crippen LogP contribution in [0, 0.1) is 6.92 Å². The summed E-state index contributed by atoms with van der Waals surface area (Å²) in [6.45, 7) is 2.96. The Morgan fingerprint density at radius 2 is 1.95 bits per heavy atom. The third-order valence-electron chi connectivity index (χ3n) is 2.85. The van der Waals surface area contributed by atoms with Gasteiger partial charge >= 0.3 is 0 Å². The number of pyridine rings is 2. The third kappa shape index (κ3) is 3.44. The number of nitrogen functional groups attached to an aromatic ring is 1. The van der Waals surface area contributed by atoms with Crippen molar-refractivity contribution < 1.29 is 4.79 Å². The van der Waals surface area contributed by atoms with E-state index in [-0.39, 0.29) is 5.91 Å². The zero-order valence-corrected chi connectivity index (χ0v) is 11.3. The van der Waals surface area contributed by atoms with E-state index in [4.69, 9.17) is 5.73 Å². The number of hydrogen-bond acceptors (Lipinski definition) is 5. The molecule has 2 rings (SSSR count). The van der Waals surface area contributed by atoms with Crippen LogP contribution in [0.1, 0.15) is 15.9 Å². The molecule has 0 unspecified atom stereocenters. The fourth-order valence-electron chi connectivity index (χ4n) is 1.67. The minimum Gasteiger partial charge on any atom is -0.396 e. The van der Waals surface area contributed by atoms with E-state index in [0.29, 0.717) is 30.2 Å². The van der Waals surface area contributed by atoms with Crippen LogP contribution in [0.2, 0.25) is 0 Å². The van der Waals surface area contributed by atoms with Crippen LogP contribution in [-0.4, -0.2) is 29.0 Å². The summed E-state index contributed by atoms with van der Waals surface area (Å²) in [5.41, 5.74) is 8.09. The zero-order chi connectivity index (χ0) is 14.4. The molecule has 0 aliphatic heterocycles. The van der Waals surface area contributed by atoms with Gasteiger partial charge in [-0.25, -0.2) is 4.98 Å². The molecule has 20 heavy (non-hydrogen) atoms. The van der Waals surface area contributed by atoms with Gasteiger partial charge in [-0.15, -0.1) is 0 Å². The summed E-state index contributed by atoms with van der Waals surface area (Å²) in [4.78, 5) is 19.8. The fourth-order valence-corrected chi connectivity index (χ4v) is 1.67. The fraction of sp³-hybridized carbons (Fsp3) is 0.214. The number of nitrogens with one attached hydrogen (secondary N) is 2. The molecule has 6 heteroatoms. The topological polar surface area (TPSA) is 92.9 Å². The molecule has 0 saturated carbocycles. The van der Waals surface area contributed by atoms with Crippen molar-refractivity contribution in [3.05, 3.63) is 47.9 Å². The number of nitrogens with zero attached hydrogens (tertiary/aromatic N) is 2. The second-order valence-corrected chi connectivity index (χ2v) is 4.31. The van der Waals surface area contributed by atoms with E-state index in [0.717, 1.165) is 5.56 Å². The van der Waals surface area contributed by atoms with Gasteiger partial charge in [0.1, 0.15) is 5.82 Å². The van der Waals surface area contributed by atoms with Crippen LogP contribution in [0.4, 0.5) is 11.5 Å². The SMILES string of the molecule is Cc1ccnc(NCCNC(=O)c2ccncc2)c1N. The molecule has 0 aliphatic rings. The van der Waals surface area contributed by atoms with Crippen LogP contribution in [0.15, 0.2) is 36.8 Å². The molecule has 0 radical (unpaired) electrons. The lowest BCUT2D eigenvalue weighted by molar-refractivity contribution is 0.0955. The van der Waals surface area contributed by atoms with Crippen molar-refractivity contribution in [1.82, 2.24) is 15.3 Å². The third-order valence-corrected chi connectivity index (χ3v) is 2.85. The number of carbonyl (C=O) groups is 1. The van der Waals surface area contributed by atoms with E-state index in [1.165, 1.54) is 0 Å². The molecular formula is C14H17N5O. The molecule has 104 valence electrons. The lowest BCUT2D eigenvalue weighted by atomic mass is 10.2. The van der Waals surface area contributed by atoms with Gasteiger partial charge in [-0.05, 0) is 30.7 Å². The number of aromatic nitrogens is 2. The van der Waals surface area contributed by atoms with Crippen molar-refractivity contribution in [2.45, 2.75) is 6.92 Å². The monoisotopic (exact) mass is 271 g/mol. The van der Waals surface area contributed by atoms with Gasteiger partial charge in [0.15, 0.2) is 0 Å². The van der Waals surface area contributed by atoms with Gasteiger partial charge in [0.25, 0.3) is 5.91 Å². The summed E-state index contributed by atoms with van der Waals surface area (Å²) >= 11 is 0. The van der Waals surface area contributed by atoms with Crippen LogP contribution in [0.5, 0.6) is 0 Å². The van der Waals surface area contributed by atoms with Crippen molar-refractivity contribution in [2.75, 3.05) is 24.1 Å². The van der Waals surface area contributed by atoms with Gasteiger partial charge in [-0.1, -0.05) is 0 Å². The van der Waals surface area contributed by atoms with Crippen LogP contribution in [0.25, 0.3) is 0 Å². The smallest absolute Gasteiger partial charge is 0.251 e. The first-order valence-corrected chi connectivity index (χ1v) is 6.31. The van der Waals surface area contributed by atoms with Crippen LogP contribution in [-0.2, 0) is 0 Å². The van der Waals surface area contributed by atoms with Gasteiger partial charge < -0.3 is 16.4 Å².